The van der Waals surface area contributed by atoms with Gasteiger partial charge in [-0.1, -0.05) is 6.07 Å². The number of aromatic nitrogens is 1. The highest BCUT2D eigenvalue weighted by atomic mass is 19.1. The first-order valence-electron chi connectivity index (χ1n) is 10.0. The van der Waals surface area contributed by atoms with Gasteiger partial charge in [-0.05, 0) is 24.3 Å². The Hall–Kier alpha value is -4.21. The third-order valence-electron chi connectivity index (χ3n) is 5.74. The Kier molecular flexibility index (Phi) is 4.85. The van der Waals surface area contributed by atoms with Crippen molar-refractivity contribution in [2.24, 2.45) is 0 Å². The normalized spacial score (nSPS) is 16.2. The summed E-state index contributed by atoms with van der Waals surface area (Å²) in [6.45, 7) is -0.0231. The number of carboxylic acids is 1. The first-order chi connectivity index (χ1) is 15.9. The Labute approximate surface area is 187 Å². The van der Waals surface area contributed by atoms with Crippen molar-refractivity contribution in [1.29, 1.82) is 0 Å². The molecule has 1 atom stereocenters. The number of hydrogen-bond donors (Lipinski definition) is 2. The predicted molar refractivity (Wildman–Crippen MR) is 113 cm³/mol. The fraction of sp³-hybridized carbons (Fsp3) is 0.217. The summed E-state index contributed by atoms with van der Waals surface area (Å²) in [6, 6.07) is 7.44. The molecule has 0 radical (unpaired) electrons. The van der Waals surface area contributed by atoms with Gasteiger partial charge in [0.25, 0.3) is 0 Å². The van der Waals surface area contributed by atoms with Crippen LogP contribution in [0.3, 0.4) is 0 Å². The number of carbonyl (C=O) groups excluding carboxylic acids is 1. The van der Waals surface area contributed by atoms with Crippen molar-refractivity contribution in [2.75, 3.05) is 26.3 Å². The van der Waals surface area contributed by atoms with Gasteiger partial charge >= 0.3 is 5.97 Å². The number of amides is 1. The molecule has 0 unspecified atom stereocenters. The van der Waals surface area contributed by atoms with Crippen LogP contribution >= 0.6 is 0 Å². The minimum Gasteiger partial charge on any atom is -0.493 e. The van der Waals surface area contributed by atoms with E-state index in [9.17, 15) is 19.1 Å². The van der Waals surface area contributed by atoms with E-state index in [2.05, 4.69) is 5.32 Å². The summed E-state index contributed by atoms with van der Waals surface area (Å²) >= 11 is 0. The van der Waals surface area contributed by atoms with Crippen molar-refractivity contribution < 1.29 is 38.0 Å². The molecule has 2 N–H and O–H groups in total. The first kappa shape index (κ1) is 20.7. The van der Waals surface area contributed by atoms with Gasteiger partial charge < -0.3 is 33.9 Å². The van der Waals surface area contributed by atoms with E-state index in [4.69, 9.17) is 18.9 Å². The number of nitrogens with one attached hydrogen (secondary N) is 1. The maximum absolute atomic E-state index is 14.0. The van der Waals surface area contributed by atoms with Crippen molar-refractivity contribution in [1.82, 2.24) is 4.57 Å². The summed E-state index contributed by atoms with van der Waals surface area (Å²) in [7, 11) is 2.94. The zero-order chi connectivity index (χ0) is 23.3. The van der Waals surface area contributed by atoms with Gasteiger partial charge in [0.1, 0.15) is 11.4 Å². The number of carbonyl (C=O) groups is 2. The highest BCUT2D eigenvalue weighted by Gasteiger charge is 2.38. The average Bonchev–Trinajstić information content (AvgIpc) is 3.43. The van der Waals surface area contributed by atoms with Crippen LogP contribution in [-0.4, -0.2) is 42.6 Å². The lowest BCUT2D eigenvalue weighted by molar-refractivity contribution is -0.116. The Morgan fingerprint density at radius 1 is 1.21 bits per heavy atom. The highest BCUT2D eigenvalue weighted by molar-refractivity contribution is 6.04. The monoisotopic (exact) mass is 454 g/mol. The Balaban J connectivity index is 1.80. The summed E-state index contributed by atoms with van der Waals surface area (Å²) in [6.07, 6.45) is 1.36. The molecule has 2 aromatic carbocycles. The number of benzene rings is 2. The number of carboxylic acid groups (broad SMARTS) is 1. The summed E-state index contributed by atoms with van der Waals surface area (Å²) in [5, 5.41) is 12.5. The van der Waals surface area contributed by atoms with Gasteiger partial charge in [-0.25, -0.2) is 9.18 Å². The molecule has 3 aromatic rings. The molecular formula is C23H19FN2O7. The van der Waals surface area contributed by atoms with Crippen molar-refractivity contribution in [3.05, 3.63) is 59.2 Å². The van der Waals surface area contributed by atoms with E-state index in [-0.39, 0.29) is 30.4 Å². The molecule has 0 fully saturated rings. The number of nitrogens with zero attached hydrogens (tertiary/aromatic N) is 1. The zero-order valence-electron chi connectivity index (χ0n) is 17.7. The van der Waals surface area contributed by atoms with E-state index in [0.717, 1.165) is 0 Å². The minimum atomic E-state index is -1.22. The standard InChI is InChI=1S/C23H19FN2O7/c1-30-16-7-14(20(31-2)22-21(16)32-10-33-22)13-8-17(27)25-18-15(23(28)29)9-26(19(13)18)12-5-3-4-11(24)6-12/h3-7,9,13H,8,10H2,1-2H3,(H,25,27)(H,28,29)/t13-/m0/s1. The van der Waals surface area contributed by atoms with Crippen LogP contribution in [-0.2, 0) is 4.79 Å². The second kappa shape index (κ2) is 7.73. The predicted octanol–water partition coefficient (Wildman–Crippen LogP) is 3.53. The highest BCUT2D eigenvalue weighted by Crippen LogP contribution is 2.54. The molecule has 0 saturated carbocycles. The van der Waals surface area contributed by atoms with E-state index in [1.54, 1.807) is 16.7 Å². The van der Waals surface area contributed by atoms with Gasteiger partial charge in [0.2, 0.25) is 24.2 Å². The quantitative estimate of drug-likeness (QED) is 0.607. The maximum atomic E-state index is 14.0. The van der Waals surface area contributed by atoms with Crippen molar-refractivity contribution in [3.8, 4) is 28.7 Å². The van der Waals surface area contributed by atoms with Crippen molar-refractivity contribution >= 4 is 17.6 Å². The largest absolute Gasteiger partial charge is 0.493 e. The number of aromatic carboxylic acids is 1. The Morgan fingerprint density at radius 2 is 2.00 bits per heavy atom. The van der Waals surface area contributed by atoms with Crippen LogP contribution in [0, 0.1) is 5.82 Å². The summed E-state index contributed by atoms with van der Waals surface area (Å²) in [5.41, 5.74) is 1.46. The second-order valence-corrected chi connectivity index (χ2v) is 7.53. The fourth-order valence-corrected chi connectivity index (χ4v) is 4.38. The number of methoxy groups -OCH3 is 2. The number of anilines is 1. The number of hydrogen-bond acceptors (Lipinski definition) is 6. The van der Waals surface area contributed by atoms with Crippen LogP contribution < -0.4 is 24.3 Å². The lowest BCUT2D eigenvalue weighted by Crippen LogP contribution is -2.26. The lowest BCUT2D eigenvalue weighted by atomic mass is 9.87. The van der Waals surface area contributed by atoms with Crippen molar-refractivity contribution in [3.63, 3.8) is 0 Å². The lowest BCUT2D eigenvalue weighted by Gasteiger charge is -2.28. The van der Waals surface area contributed by atoms with Crippen LogP contribution in [0.5, 0.6) is 23.0 Å². The van der Waals surface area contributed by atoms with E-state index >= 15 is 0 Å². The fourth-order valence-electron chi connectivity index (χ4n) is 4.38. The smallest absolute Gasteiger partial charge is 0.339 e. The van der Waals surface area contributed by atoms with Crippen LogP contribution in [0.4, 0.5) is 10.1 Å². The molecule has 2 aliphatic heterocycles. The van der Waals surface area contributed by atoms with Crippen LogP contribution in [0.1, 0.15) is 34.0 Å². The average molecular weight is 454 g/mol. The molecule has 0 spiro atoms. The summed E-state index contributed by atoms with van der Waals surface area (Å²) < 4.78 is 37.8. The molecule has 3 heterocycles. The first-order valence-corrected chi connectivity index (χ1v) is 10.0. The van der Waals surface area contributed by atoms with Gasteiger partial charge in [0.05, 0.1) is 25.6 Å². The number of rotatable bonds is 5. The third-order valence-corrected chi connectivity index (χ3v) is 5.74. The molecule has 5 rings (SSSR count). The molecule has 1 amide bonds. The van der Waals surface area contributed by atoms with Crippen molar-refractivity contribution in [2.45, 2.75) is 12.3 Å². The zero-order valence-corrected chi connectivity index (χ0v) is 17.7. The molecule has 0 saturated heterocycles. The third kappa shape index (κ3) is 3.22. The molecule has 170 valence electrons. The number of halogens is 1. The van der Waals surface area contributed by atoms with Crippen LogP contribution in [0.25, 0.3) is 5.69 Å². The van der Waals surface area contributed by atoms with Gasteiger partial charge in [-0.15, -0.1) is 0 Å². The van der Waals surface area contributed by atoms with Gasteiger partial charge in [-0.3, -0.25) is 4.79 Å². The molecule has 1 aromatic heterocycles. The molecule has 10 heteroatoms. The maximum Gasteiger partial charge on any atom is 0.339 e. The molecular weight excluding hydrogens is 435 g/mol. The van der Waals surface area contributed by atoms with Gasteiger partial charge in [0, 0.05) is 29.8 Å². The summed E-state index contributed by atoms with van der Waals surface area (Å²) in [4.78, 5) is 24.7. The molecule has 0 bridgehead atoms. The molecule has 0 aliphatic carbocycles. The van der Waals surface area contributed by atoms with Crippen LogP contribution in [0.15, 0.2) is 36.5 Å². The Morgan fingerprint density at radius 3 is 2.70 bits per heavy atom. The molecule has 33 heavy (non-hydrogen) atoms. The number of fused-ring (bicyclic) bond motifs is 2. The van der Waals surface area contributed by atoms with Gasteiger partial charge in [0.15, 0.2) is 11.5 Å². The van der Waals surface area contributed by atoms with Gasteiger partial charge in [-0.2, -0.15) is 0 Å². The van der Waals surface area contributed by atoms with E-state index in [0.29, 0.717) is 39.9 Å². The molecule has 9 nitrogen and oxygen atoms in total. The summed E-state index contributed by atoms with van der Waals surface area (Å²) in [5.74, 6) is -1.28. The van der Waals surface area contributed by atoms with E-state index < -0.39 is 17.7 Å². The topological polar surface area (TPSA) is 108 Å². The van der Waals surface area contributed by atoms with E-state index in [1.165, 1.54) is 38.6 Å². The Bertz CT molecular complexity index is 1300. The number of ether oxygens (including phenoxy) is 4. The second-order valence-electron chi connectivity index (χ2n) is 7.53. The van der Waals surface area contributed by atoms with Crippen LogP contribution in [0.2, 0.25) is 0 Å². The van der Waals surface area contributed by atoms with E-state index in [1.807, 2.05) is 0 Å². The SMILES string of the molecule is COc1cc([C@@H]2CC(=O)Nc3c(C(=O)O)cn(-c4cccc(F)c4)c32)c(OC)c2c1OCO2. The molecule has 2 aliphatic rings. The minimum absolute atomic E-state index is 0.00938.